The lowest BCUT2D eigenvalue weighted by Crippen LogP contribution is -2.46. The van der Waals surface area contributed by atoms with Gasteiger partial charge in [0.1, 0.15) is 6.33 Å². The van der Waals surface area contributed by atoms with E-state index in [1.807, 2.05) is 12.1 Å². The molecule has 0 spiro atoms. The summed E-state index contributed by atoms with van der Waals surface area (Å²) < 4.78 is 7.57. The summed E-state index contributed by atoms with van der Waals surface area (Å²) in [6.07, 6.45) is 2.05. The summed E-state index contributed by atoms with van der Waals surface area (Å²) >= 11 is 0. The van der Waals surface area contributed by atoms with Crippen molar-refractivity contribution in [1.82, 2.24) is 19.8 Å². The molecule has 1 fully saturated rings. The maximum Gasteiger partial charge on any atom is 0.185 e. The Morgan fingerprint density at radius 3 is 2.57 bits per heavy atom. The Bertz CT molecular complexity index is 789. The van der Waals surface area contributed by atoms with E-state index in [0.29, 0.717) is 0 Å². The van der Waals surface area contributed by atoms with E-state index in [1.165, 1.54) is 0 Å². The average Bonchev–Trinajstić information content (AvgIpc) is 2.94. The van der Waals surface area contributed by atoms with Gasteiger partial charge in [0, 0.05) is 23.9 Å². The molecule has 0 amide bonds. The molecule has 0 saturated carbocycles. The van der Waals surface area contributed by atoms with E-state index in [2.05, 4.69) is 41.1 Å². The molecular formula is C15H17N5O. The Morgan fingerprint density at radius 1 is 1.10 bits per heavy atom. The predicted molar refractivity (Wildman–Crippen MR) is 80.5 cm³/mol. The van der Waals surface area contributed by atoms with E-state index in [-0.39, 0.29) is 12.2 Å². The third kappa shape index (κ3) is 2.03. The van der Waals surface area contributed by atoms with Crippen LogP contribution in [0.15, 0.2) is 30.6 Å². The maximum absolute atomic E-state index is 5.82. The van der Waals surface area contributed by atoms with Crippen LogP contribution in [0.25, 0.3) is 16.4 Å². The smallest absolute Gasteiger partial charge is 0.185 e. The molecule has 3 heterocycles. The van der Waals surface area contributed by atoms with Crippen LogP contribution in [0, 0.1) is 0 Å². The van der Waals surface area contributed by atoms with Crippen molar-refractivity contribution in [3.05, 3.63) is 30.6 Å². The van der Waals surface area contributed by atoms with Crippen molar-refractivity contribution in [2.24, 2.45) is 0 Å². The zero-order valence-corrected chi connectivity index (χ0v) is 12.1. The zero-order chi connectivity index (χ0) is 14.4. The number of hydrogen-bond acceptors (Lipinski definition) is 5. The number of fused-ring (bicyclic) bond motifs is 3. The van der Waals surface area contributed by atoms with Crippen molar-refractivity contribution in [1.29, 1.82) is 0 Å². The molecule has 108 valence electrons. The first kappa shape index (κ1) is 12.5. The highest BCUT2D eigenvalue weighted by atomic mass is 16.5. The topological polar surface area (TPSA) is 55.6 Å². The maximum atomic E-state index is 5.82. The van der Waals surface area contributed by atoms with Gasteiger partial charge in [-0.15, -0.1) is 15.3 Å². The lowest BCUT2D eigenvalue weighted by molar-refractivity contribution is -0.00542. The number of hydrogen-bond donors (Lipinski definition) is 0. The first-order valence-corrected chi connectivity index (χ1v) is 7.21. The fourth-order valence-corrected chi connectivity index (χ4v) is 3.09. The van der Waals surface area contributed by atoms with Gasteiger partial charge in [0.2, 0.25) is 0 Å². The van der Waals surface area contributed by atoms with Crippen molar-refractivity contribution in [2.75, 3.05) is 18.0 Å². The van der Waals surface area contributed by atoms with Crippen molar-refractivity contribution >= 4 is 22.2 Å². The van der Waals surface area contributed by atoms with Crippen LogP contribution >= 0.6 is 0 Å². The third-order valence-electron chi connectivity index (χ3n) is 3.86. The normalized spacial score (nSPS) is 23.0. The zero-order valence-electron chi connectivity index (χ0n) is 12.1. The van der Waals surface area contributed by atoms with E-state index in [4.69, 9.17) is 9.84 Å². The van der Waals surface area contributed by atoms with E-state index >= 15 is 0 Å². The second-order valence-corrected chi connectivity index (χ2v) is 5.63. The minimum atomic E-state index is 0.200. The number of ether oxygens (including phenoxy) is 1. The SMILES string of the molecule is CC1CN(c2nn3cnnc3c3ccccc23)CC(C)O1. The fraction of sp³-hybridized carbons (Fsp3) is 0.400. The highest BCUT2D eigenvalue weighted by Crippen LogP contribution is 2.28. The summed E-state index contributed by atoms with van der Waals surface area (Å²) in [7, 11) is 0. The Labute approximate surface area is 122 Å². The molecule has 2 atom stereocenters. The quantitative estimate of drug-likeness (QED) is 0.682. The van der Waals surface area contributed by atoms with Gasteiger partial charge in [-0.05, 0) is 13.8 Å². The summed E-state index contributed by atoms with van der Waals surface area (Å²) in [6, 6.07) is 8.22. The lowest BCUT2D eigenvalue weighted by atomic mass is 10.1. The van der Waals surface area contributed by atoms with Gasteiger partial charge < -0.3 is 9.64 Å². The second-order valence-electron chi connectivity index (χ2n) is 5.63. The molecule has 1 aromatic carbocycles. The molecule has 1 aliphatic heterocycles. The minimum absolute atomic E-state index is 0.200. The summed E-state index contributed by atoms with van der Waals surface area (Å²) in [5.74, 6) is 0.972. The van der Waals surface area contributed by atoms with Crippen LogP contribution in [-0.2, 0) is 4.74 Å². The summed E-state index contributed by atoms with van der Waals surface area (Å²) in [5, 5.41) is 15.0. The van der Waals surface area contributed by atoms with Gasteiger partial charge in [0.15, 0.2) is 11.5 Å². The number of nitrogens with zero attached hydrogens (tertiary/aromatic N) is 5. The van der Waals surface area contributed by atoms with Crippen molar-refractivity contribution in [3.63, 3.8) is 0 Å². The molecule has 2 aromatic heterocycles. The van der Waals surface area contributed by atoms with Gasteiger partial charge in [-0.2, -0.15) is 4.52 Å². The number of anilines is 1. The average molecular weight is 283 g/mol. The molecule has 0 radical (unpaired) electrons. The number of morpholine rings is 1. The van der Waals surface area contributed by atoms with Crippen LogP contribution in [0.5, 0.6) is 0 Å². The predicted octanol–water partition coefficient (Wildman–Crippen LogP) is 1.89. The molecular weight excluding hydrogens is 266 g/mol. The van der Waals surface area contributed by atoms with Crippen LogP contribution in [0.3, 0.4) is 0 Å². The molecule has 21 heavy (non-hydrogen) atoms. The van der Waals surface area contributed by atoms with Crippen LogP contribution in [0.4, 0.5) is 5.82 Å². The van der Waals surface area contributed by atoms with Crippen LogP contribution in [0.2, 0.25) is 0 Å². The largest absolute Gasteiger partial charge is 0.372 e. The van der Waals surface area contributed by atoms with E-state index in [9.17, 15) is 0 Å². The van der Waals surface area contributed by atoms with E-state index < -0.39 is 0 Å². The molecule has 0 N–H and O–H groups in total. The Kier molecular flexibility index (Phi) is 2.78. The van der Waals surface area contributed by atoms with E-state index in [0.717, 1.165) is 35.3 Å². The molecule has 2 unspecified atom stereocenters. The number of aromatic nitrogens is 4. The van der Waals surface area contributed by atoms with Crippen molar-refractivity contribution < 1.29 is 4.74 Å². The fourth-order valence-electron chi connectivity index (χ4n) is 3.09. The minimum Gasteiger partial charge on any atom is -0.372 e. The van der Waals surface area contributed by atoms with Crippen LogP contribution in [0.1, 0.15) is 13.8 Å². The Morgan fingerprint density at radius 2 is 1.81 bits per heavy atom. The number of rotatable bonds is 1. The third-order valence-corrected chi connectivity index (χ3v) is 3.86. The van der Waals surface area contributed by atoms with Gasteiger partial charge in [-0.25, -0.2) is 0 Å². The molecule has 6 heteroatoms. The van der Waals surface area contributed by atoms with Gasteiger partial charge in [-0.1, -0.05) is 24.3 Å². The molecule has 3 aromatic rings. The molecule has 0 aliphatic carbocycles. The molecule has 1 aliphatic rings. The van der Waals surface area contributed by atoms with Crippen LogP contribution < -0.4 is 4.90 Å². The Hall–Kier alpha value is -2.21. The Balaban J connectivity index is 1.93. The first-order valence-electron chi connectivity index (χ1n) is 7.21. The monoisotopic (exact) mass is 283 g/mol. The highest BCUT2D eigenvalue weighted by Gasteiger charge is 2.25. The molecule has 6 nitrogen and oxygen atoms in total. The van der Waals surface area contributed by atoms with Crippen molar-refractivity contribution in [3.8, 4) is 0 Å². The summed E-state index contributed by atoms with van der Waals surface area (Å²) in [5.41, 5.74) is 0.795. The summed E-state index contributed by atoms with van der Waals surface area (Å²) in [4.78, 5) is 2.29. The lowest BCUT2D eigenvalue weighted by Gasteiger charge is -2.36. The molecule has 4 rings (SSSR count). The van der Waals surface area contributed by atoms with Gasteiger partial charge in [0.25, 0.3) is 0 Å². The van der Waals surface area contributed by atoms with Gasteiger partial charge in [0.05, 0.1) is 12.2 Å². The molecule has 0 bridgehead atoms. The second kappa shape index (κ2) is 4.66. The van der Waals surface area contributed by atoms with Crippen LogP contribution in [-0.4, -0.2) is 45.1 Å². The first-order chi connectivity index (χ1) is 10.2. The standard InChI is InChI=1S/C15H17N5O/c1-10-7-19(8-11(2)21-10)15-13-6-4-3-5-12(13)14-17-16-9-20(14)18-15/h3-6,9-11H,7-8H2,1-2H3. The highest BCUT2D eigenvalue weighted by molar-refractivity contribution is 6.00. The van der Waals surface area contributed by atoms with Crippen molar-refractivity contribution in [2.45, 2.75) is 26.1 Å². The molecule has 1 saturated heterocycles. The van der Waals surface area contributed by atoms with E-state index in [1.54, 1.807) is 10.8 Å². The van der Waals surface area contributed by atoms with Gasteiger partial charge in [-0.3, -0.25) is 0 Å². The number of benzene rings is 1. The summed E-state index contributed by atoms with van der Waals surface area (Å²) in [6.45, 7) is 5.88. The van der Waals surface area contributed by atoms with Gasteiger partial charge >= 0.3 is 0 Å².